The Labute approximate surface area is 175 Å². The van der Waals surface area contributed by atoms with Crippen molar-refractivity contribution in [3.05, 3.63) is 85.6 Å². The summed E-state index contributed by atoms with van der Waals surface area (Å²) in [4.78, 5) is 24.3. The minimum atomic E-state index is -0.637. The van der Waals surface area contributed by atoms with Gasteiger partial charge in [0.05, 0.1) is 17.5 Å². The molecular formula is C23H20BrNO4. The van der Waals surface area contributed by atoms with E-state index >= 15 is 0 Å². The fraction of sp³-hybridized carbons (Fsp3) is 0.217. The number of rotatable bonds is 6. The molecule has 0 N–H and O–H groups in total. The maximum absolute atomic E-state index is 12.2. The zero-order chi connectivity index (χ0) is 20.4. The molecule has 0 fully saturated rings. The molecule has 0 unspecified atom stereocenters. The van der Waals surface area contributed by atoms with Crippen molar-refractivity contribution in [1.29, 1.82) is 0 Å². The van der Waals surface area contributed by atoms with E-state index in [0.29, 0.717) is 28.5 Å². The van der Waals surface area contributed by atoms with Gasteiger partial charge in [0.15, 0.2) is 0 Å². The smallest absolute Gasteiger partial charge is 0.422 e. The van der Waals surface area contributed by atoms with Crippen LogP contribution in [-0.2, 0) is 6.54 Å². The van der Waals surface area contributed by atoms with E-state index in [1.165, 1.54) is 9.95 Å². The second-order valence-electron chi connectivity index (χ2n) is 7.01. The highest BCUT2D eigenvalue weighted by Crippen LogP contribution is 2.23. The first-order valence-electron chi connectivity index (χ1n) is 9.48. The number of hydrogen-bond acceptors (Lipinski definition) is 4. The lowest BCUT2D eigenvalue weighted by Crippen LogP contribution is -2.25. The Balaban J connectivity index is 1.43. The van der Waals surface area contributed by atoms with Crippen molar-refractivity contribution >= 4 is 37.6 Å². The molecule has 0 saturated carbocycles. The molecule has 0 aliphatic rings. The molecule has 148 valence electrons. The van der Waals surface area contributed by atoms with Crippen LogP contribution in [0.15, 0.2) is 73.1 Å². The first-order chi connectivity index (χ1) is 14.0. The van der Waals surface area contributed by atoms with Gasteiger partial charge in [-0.2, -0.15) is 0 Å². The Kier molecular flexibility index (Phi) is 5.53. The Morgan fingerprint density at radius 2 is 1.79 bits per heavy atom. The maximum Gasteiger partial charge on any atom is 0.422 e. The van der Waals surface area contributed by atoms with Crippen molar-refractivity contribution in [3.63, 3.8) is 0 Å². The molecule has 0 aliphatic heterocycles. The quantitative estimate of drug-likeness (QED) is 0.383. The summed E-state index contributed by atoms with van der Waals surface area (Å²) in [5.74, 6) is 0.192. The van der Waals surface area contributed by atoms with Gasteiger partial charge in [-0.25, -0.2) is 9.59 Å². The molecule has 4 aromatic rings. The second kappa shape index (κ2) is 8.25. The average Bonchev–Trinajstić information content (AvgIpc) is 2.70. The highest BCUT2D eigenvalue weighted by molar-refractivity contribution is 9.10. The van der Waals surface area contributed by atoms with Crippen molar-refractivity contribution in [2.45, 2.75) is 26.3 Å². The van der Waals surface area contributed by atoms with Crippen LogP contribution >= 0.6 is 15.9 Å². The lowest BCUT2D eigenvalue weighted by molar-refractivity contribution is 0.301. The number of unbranched alkanes of at least 4 members (excludes halogenated alkanes) is 1. The fourth-order valence-corrected chi connectivity index (χ4v) is 4.26. The van der Waals surface area contributed by atoms with E-state index in [0.717, 1.165) is 29.5 Å². The van der Waals surface area contributed by atoms with E-state index in [9.17, 15) is 9.59 Å². The molecule has 0 amide bonds. The Morgan fingerprint density at radius 3 is 2.62 bits per heavy atom. The Bertz CT molecular complexity index is 1310. The van der Waals surface area contributed by atoms with Crippen LogP contribution in [0.25, 0.3) is 21.7 Å². The minimum absolute atomic E-state index is 0.406. The predicted molar refractivity (Wildman–Crippen MR) is 118 cm³/mol. The molecule has 3 aromatic carbocycles. The predicted octanol–water partition coefficient (Wildman–Crippen LogP) is 5.04. The number of fused-ring (bicyclic) bond motifs is 2. The summed E-state index contributed by atoms with van der Waals surface area (Å²) in [6.07, 6.45) is 1.49. The van der Waals surface area contributed by atoms with Crippen molar-refractivity contribution < 1.29 is 9.15 Å². The summed E-state index contributed by atoms with van der Waals surface area (Å²) in [5.41, 5.74) is 0.892. The molecule has 0 spiro atoms. The van der Waals surface area contributed by atoms with Crippen LogP contribution < -0.4 is 16.1 Å². The number of aryl methyl sites for hydroxylation is 2. The van der Waals surface area contributed by atoms with Crippen LogP contribution in [0.2, 0.25) is 0 Å². The highest BCUT2D eigenvalue weighted by Gasteiger charge is 2.13. The zero-order valence-corrected chi connectivity index (χ0v) is 17.6. The van der Waals surface area contributed by atoms with Crippen LogP contribution in [-0.4, -0.2) is 11.2 Å². The number of halogens is 1. The average molecular weight is 454 g/mol. The third-order valence-electron chi connectivity index (χ3n) is 4.86. The topological polar surface area (TPSA) is 61.4 Å². The van der Waals surface area contributed by atoms with Crippen molar-refractivity contribution in [2.24, 2.45) is 0 Å². The molecule has 4 rings (SSSR count). The summed E-state index contributed by atoms with van der Waals surface area (Å²) in [5, 5.41) is 2.73. The Morgan fingerprint density at radius 1 is 1.00 bits per heavy atom. The van der Waals surface area contributed by atoms with Gasteiger partial charge in [0.1, 0.15) is 5.75 Å². The normalized spacial score (nSPS) is 11.2. The van der Waals surface area contributed by atoms with Gasteiger partial charge in [0.25, 0.3) is 0 Å². The first kappa shape index (κ1) is 19.5. The molecule has 5 nitrogen and oxygen atoms in total. The molecule has 0 atom stereocenters. The van der Waals surface area contributed by atoms with E-state index in [1.807, 2.05) is 43.3 Å². The maximum atomic E-state index is 12.2. The summed E-state index contributed by atoms with van der Waals surface area (Å²) in [6.45, 7) is 2.88. The number of nitrogens with zero attached hydrogens (tertiary/aromatic N) is 1. The van der Waals surface area contributed by atoms with Crippen LogP contribution in [0.4, 0.5) is 0 Å². The SMILES string of the molecule is Cc1cc(Br)c2c(c1)c(=O)oc(=O)n2CCCCOc1ccc2ccccc2c1. The molecule has 1 aromatic heterocycles. The zero-order valence-electron chi connectivity index (χ0n) is 16.0. The monoisotopic (exact) mass is 453 g/mol. The van der Waals surface area contributed by atoms with Crippen LogP contribution in [0, 0.1) is 6.92 Å². The standard InChI is InChI=1S/C23H20BrNO4/c1-15-12-19-21(20(24)13-15)25(23(27)29-22(19)26)10-4-5-11-28-18-9-8-16-6-2-3-7-17(16)14-18/h2-3,6-9,12-14H,4-5,10-11H2,1H3. The van der Waals surface area contributed by atoms with Crippen LogP contribution in [0.1, 0.15) is 18.4 Å². The molecular weight excluding hydrogens is 434 g/mol. The van der Waals surface area contributed by atoms with E-state index < -0.39 is 11.4 Å². The van der Waals surface area contributed by atoms with Gasteiger partial charge < -0.3 is 9.15 Å². The van der Waals surface area contributed by atoms with E-state index in [1.54, 1.807) is 6.07 Å². The van der Waals surface area contributed by atoms with Gasteiger partial charge in [0.2, 0.25) is 0 Å². The van der Waals surface area contributed by atoms with Gasteiger partial charge in [-0.15, -0.1) is 0 Å². The first-order valence-corrected chi connectivity index (χ1v) is 10.3. The molecule has 1 heterocycles. The van der Waals surface area contributed by atoms with Gasteiger partial charge in [-0.05, 0) is 76.3 Å². The number of benzene rings is 3. The van der Waals surface area contributed by atoms with Gasteiger partial charge in [-0.1, -0.05) is 30.3 Å². The molecule has 0 saturated heterocycles. The van der Waals surface area contributed by atoms with Crippen molar-refractivity contribution in [1.82, 2.24) is 4.57 Å². The van der Waals surface area contributed by atoms with Gasteiger partial charge >= 0.3 is 11.4 Å². The fourth-order valence-electron chi connectivity index (χ4n) is 3.47. The van der Waals surface area contributed by atoms with Crippen molar-refractivity contribution in [2.75, 3.05) is 6.61 Å². The third-order valence-corrected chi connectivity index (χ3v) is 5.47. The summed E-state index contributed by atoms with van der Waals surface area (Å²) >= 11 is 3.47. The molecule has 0 radical (unpaired) electrons. The minimum Gasteiger partial charge on any atom is -0.494 e. The van der Waals surface area contributed by atoms with Gasteiger partial charge in [0, 0.05) is 11.0 Å². The number of ether oxygens (including phenoxy) is 1. The van der Waals surface area contributed by atoms with Crippen LogP contribution in [0.3, 0.4) is 0 Å². The molecule has 0 bridgehead atoms. The van der Waals surface area contributed by atoms with E-state index in [4.69, 9.17) is 9.15 Å². The number of hydrogen-bond donors (Lipinski definition) is 0. The summed E-state index contributed by atoms with van der Waals surface area (Å²) in [6, 6.07) is 17.8. The van der Waals surface area contributed by atoms with Gasteiger partial charge in [-0.3, -0.25) is 4.57 Å². The van der Waals surface area contributed by atoms with Crippen LogP contribution in [0.5, 0.6) is 5.75 Å². The third kappa shape index (κ3) is 4.12. The molecule has 29 heavy (non-hydrogen) atoms. The molecule has 6 heteroatoms. The Hall–Kier alpha value is -2.86. The highest BCUT2D eigenvalue weighted by atomic mass is 79.9. The summed E-state index contributed by atoms with van der Waals surface area (Å²) in [7, 11) is 0. The van der Waals surface area contributed by atoms with Crippen molar-refractivity contribution in [3.8, 4) is 5.75 Å². The summed E-state index contributed by atoms with van der Waals surface area (Å²) < 4.78 is 13.0. The number of aromatic nitrogens is 1. The molecule has 0 aliphatic carbocycles. The second-order valence-corrected chi connectivity index (χ2v) is 7.87. The van der Waals surface area contributed by atoms with E-state index in [-0.39, 0.29) is 0 Å². The lowest BCUT2D eigenvalue weighted by atomic mass is 10.1. The lowest BCUT2D eigenvalue weighted by Gasteiger charge is -2.11. The van der Waals surface area contributed by atoms with E-state index in [2.05, 4.69) is 28.1 Å². The largest absolute Gasteiger partial charge is 0.494 e.